The van der Waals surface area contributed by atoms with Gasteiger partial charge in [0.1, 0.15) is 12.2 Å². The van der Waals surface area contributed by atoms with Crippen LogP contribution in [0.15, 0.2) is 48.5 Å². The van der Waals surface area contributed by atoms with Crippen LogP contribution in [0.2, 0.25) is 0 Å². The average molecular weight is 635 g/mol. The van der Waals surface area contributed by atoms with E-state index in [9.17, 15) is 24.3 Å². The molecule has 0 saturated carbocycles. The molecule has 0 radical (unpaired) electrons. The van der Waals surface area contributed by atoms with Crippen LogP contribution in [0, 0.1) is 0 Å². The van der Waals surface area contributed by atoms with Gasteiger partial charge in [0, 0.05) is 58.8 Å². The fraction of sp³-hybridized carbons (Fsp3) is 0.371. The first-order valence-electron chi connectivity index (χ1n) is 16.4. The second kappa shape index (κ2) is 10.5. The number of nitrogens with one attached hydrogen (secondary N) is 1. The molecule has 2 N–H and O–H groups in total. The number of rotatable bonds is 3. The van der Waals surface area contributed by atoms with Gasteiger partial charge in [0.2, 0.25) is 5.91 Å². The van der Waals surface area contributed by atoms with Gasteiger partial charge in [-0.1, -0.05) is 36.4 Å². The van der Waals surface area contributed by atoms with Gasteiger partial charge >= 0.3 is 6.09 Å². The SMILES string of the molecule is O=C1NC(=O)c2c1c1c3ccccc3n3c1c1c2c2ccccc2n1CC(OC(=O)N1CCN(C(=O)CN2CCCC2)CC1)C(O)C3. The molecule has 6 heterocycles. The fourth-order valence-electron chi connectivity index (χ4n) is 8.21. The highest BCUT2D eigenvalue weighted by Gasteiger charge is 2.39. The van der Waals surface area contributed by atoms with Crippen LogP contribution in [0.25, 0.3) is 43.6 Å². The van der Waals surface area contributed by atoms with Crippen molar-refractivity contribution < 1.29 is 29.0 Å². The number of benzene rings is 3. The number of carbonyl (C=O) groups is 4. The topological polar surface area (TPSA) is 129 Å². The summed E-state index contributed by atoms with van der Waals surface area (Å²) in [4.78, 5) is 58.8. The van der Waals surface area contributed by atoms with E-state index in [0.717, 1.165) is 58.8 Å². The van der Waals surface area contributed by atoms with Crippen LogP contribution in [0.3, 0.4) is 0 Å². The number of imide groups is 1. The highest BCUT2D eigenvalue weighted by atomic mass is 16.6. The van der Waals surface area contributed by atoms with Crippen LogP contribution in [-0.2, 0) is 22.6 Å². The quantitative estimate of drug-likeness (QED) is 0.292. The van der Waals surface area contributed by atoms with Crippen LogP contribution in [0.4, 0.5) is 4.79 Å². The molecule has 0 bridgehead atoms. The number of hydrogen-bond donors (Lipinski definition) is 2. The summed E-state index contributed by atoms with van der Waals surface area (Å²) in [6, 6.07) is 15.4. The normalized spacial score (nSPS) is 21.6. The summed E-state index contributed by atoms with van der Waals surface area (Å²) in [6.07, 6.45) is -0.272. The number of carbonyl (C=O) groups excluding carboxylic acids is 4. The Morgan fingerprint density at radius 2 is 1.28 bits per heavy atom. The van der Waals surface area contributed by atoms with Crippen molar-refractivity contribution in [3.8, 4) is 0 Å². The number of para-hydroxylation sites is 2. The highest BCUT2D eigenvalue weighted by molar-refractivity contribution is 6.39. The van der Waals surface area contributed by atoms with E-state index in [-0.39, 0.29) is 19.0 Å². The van der Waals surface area contributed by atoms with E-state index in [0.29, 0.717) is 54.6 Å². The van der Waals surface area contributed by atoms with Crippen molar-refractivity contribution in [3.05, 3.63) is 59.7 Å². The Kier molecular flexibility index (Phi) is 6.35. The lowest BCUT2D eigenvalue weighted by Crippen LogP contribution is -2.53. The smallest absolute Gasteiger partial charge is 0.410 e. The zero-order chi connectivity index (χ0) is 32.0. The van der Waals surface area contributed by atoms with Crippen LogP contribution < -0.4 is 5.32 Å². The van der Waals surface area contributed by atoms with Crippen LogP contribution >= 0.6 is 0 Å². The molecule has 2 aromatic heterocycles. The summed E-state index contributed by atoms with van der Waals surface area (Å²) < 4.78 is 10.1. The molecule has 2 saturated heterocycles. The Hall–Kier alpha value is -4.94. The molecule has 2 atom stereocenters. The van der Waals surface area contributed by atoms with E-state index in [4.69, 9.17) is 4.74 Å². The number of likely N-dealkylation sites (tertiary alicyclic amines) is 1. The molecule has 9 rings (SSSR count). The zero-order valence-electron chi connectivity index (χ0n) is 25.8. The minimum Gasteiger partial charge on any atom is -0.441 e. The summed E-state index contributed by atoms with van der Waals surface area (Å²) in [5, 5.41) is 17.2. The molecule has 3 aromatic carbocycles. The van der Waals surface area contributed by atoms with Gasteiger partial charge in [-0.25, -0.2) is 4.79 Å². The molecule has 2 fully saturated rings. The lowest BCUT2D eigenvalue weighted by molar-refractivity contribution is -0.133. The number of ether oxygens (including phenoxy) is 1. The molecular formula is C35H34N6O6. The van der Waals surface area contributed by atoms with Gasteiger partial charge in [-0.05, 0) is 38.1 Å². The van der Waals surface area contributed by atoms with E-state index in [1.54, 1.807) is 4.90 Å². The van der Waals surface area contributed by atoms with Gasteiger partial charge in [0.05, 0.1) is 41.8 Å². The van der Waals surface area contributed by atoms with Gasteiger partial charge in [-0.15, -0.1) is 0 Å². The summed E-state index contributed by atoms with van der Waals surface area (Å²) in [5.41, 5.74) is 3.84. The summed E-state index contributed by atoms with van der Waals surface area (Å²) in [5.74, 6) is -0.779. The zero-order valence-corrected chi connectivity index (χ0v) is 25.8. The second-order valence-electron chi connectivity index (χ2n) is 13.1. The number of hydrogen-bond acceptors (Lipinski definition) is 7. The number of piperazine rings is 1. The fourth-order valence-corrected chi connectivity index (χ4v) is 8.21. The molecule has 0 aliphatic carbocycles. The van der Waals surface area contributed by atoms with Crippen molar-refractivity contribution in [2.45, 2.75) is 38.1 Å². The number of aliphatic hydroxyl groups excluding tert-OH is 1. The molecule has 5 aromatic rings. The summed E-state index contributed by atoms with van der Waals surface area (Å²) in [7, 11) is 0. The molecule has 47 heavy (non-hydrogen) atoms. The maximum Gasteiger partial charge on any atom is 0.410 e. The third-order valence-corrected chi connectivity index (χ3v) is 10.5. The first-order valence-corrected chi connectivity index (χ1v) is 16.4. The molecule has 12 nitrogen and oxygen atoms in total. The molecule has 2 unspecified atom stereocenters. The van der Waals surface area contributed by atoms with E-state index >= 15 is 0 Å². The van der Waals surface area contributed by atoms with E-state index in [1.165, 1.54) is 0 Å². The van der Waals surface area contributed by atoms with Crippen LogP contribution in [0.1, 0.15) is 33.6 Å². The Balaban J connectivity index is 1.10. The second-order valence-corrected chi connectivity index (χ2v) is 13.1. The van der Waals surface area contributed by atoms with Crippen molar-refractivity contribution in [1.29, 1.82) is 0 Å². The highest BCUT2D eigenvalue weighted by Crippen LogP contribution is 2.45. The third-order valence-electron chi connectivity index (χ3n) is 10.5. The van der Waals surface area contributed by atoms with Crippen molar-refractivity contribution in [2.75, 3.05) is 45.8 Å². The Morgan fingerprint density at radius 3 is 1.87 bits per heavy atom. The predicted molar refractivity (Wildman–Crippen MR) is 174 cm³/mol. The van der Waals surface area contributed by atoms with Gasteiger partial charge in [-0.2, -0.15) is 0 Å². The van der Waals surface area contributed by atoms with E-state index < -0.39 is 30.1 Å². The van der Waals surface area contributed by atoms with Gasteiger partial charge in [-0.3, -0.25) is 24.6 Å². The number of nitrogens with zero attached hydrogens (tertiary/aromatic N) is 5. The van der Waals surface area contributed by atoms with E-state index in [2.05, 4.69) is 10.2 Å². The first kappa shape index (κ1) is 28.3. The van der Waals surface area contributed by atoms with Gasteiger partial charge < -0.3 is 28.8 Å². The lowest BCUT2D eigenvalue weighted by Gasteiger charge is -2.36. The Labute approximate surface area is 269 Å². The Morgan fingerprint density at radius 1 is 0.745 bits per heavy atom. The maximum absolute atomic E-state index is 13.6. The molecular weight excluding hydrogens is 600 g/mol. The Bertz CT molecular complexity index is 2170. The number of aliphatic hydroxyl groups is 1. The molecule has 240 valence electrons. The number of amides is 4. The minimum atomic E-state index is -1.07. The van der Waals surface area contributed by atoms with Crippen LogP contribution in [-0.4, -0.2) is 111 Å². The van der Waals surface area contributed by atoms with Crippen LogP contribution in [0.5, 0.6) is 0 Å². The summed E-state index contributed by atoms with van der Waals surface area (Å²) >= 11 is 0. The van der Waals surface area contributed by atoms with Crippen molar-refractivity contribution >= 4 is 67.4 Å². The van der Waals surface area contributed by atoms with Gasteiger partial charge in [0.25, 0.3) is 11.8 Å². The van der Waals surface area contributed by atoms with E-state index in [1.807, 2.05) is 62.6 Å². The molecule has 4 aliphatic heterocycles. The predicted octanol–water partition coefficient (Wildman–Crippen LogP) is 2.91. The molecule has 4 aliphatic rings. The number of fused-ring (bicyclic) bond motifs is 9. The standard InChI is InChI=1S/C35H34N6O6/c42-24-17-40-22-9-3-1-7-20(22)27-29-30(34(45)36-33(29)44)28-21-8-2-4-10-23(21)41(32(28)31(27)40)18-25(24)47-35(46)39-15-13-38(14-16-39)26(43)19-37-11-5-6-12-37/h1-4,7-10,24-25,42H,5-6,11-19H2,(H,36,44,45). The monoisotopic (exact) mass is 634 g/mol. The number of aromatic nitrogens is 2. The minimum absolute atomic E-state index is 0.0876. The maximum atomic E-state index is 13.6. The third kappa shape index (κ3) is 4.20. The average Bonchev–Trinajstić information content (AvgIpc) is 3.84. The summed E-state index contributed by atoms with van der Waals surface area (Å²) in [6.45, 7) is 4.16. The first-order chi connectivity index (χ1) is 22.9. The van der Waals surface area contributed by atoms with Crippen molar-refractivity contribution in [2.24, 2.45) is 0 Å². The van der Waals surface area contributed by atoms with Gasteiger partial charge in [0.15, 0.2) is 0 Å². The molecule has 12 heteroatoms. The molecule has 4 amide bonds. The lowest BCUT2D eigenvalue weighted by atomic mass is 9.96. The molecule has 0 spiro atoms. The van der Waals surface area contributed by atoms with Crippen molar-refractivity contribution in [1.82, 2.24) is 29.2 Å². The largest absolute Gasteiger partial charge is 0.441 e. The van der Waals surface area contributed by atoms with Crippen molar-refractivity contribution in [3.63, 3.8) is 0 Å².